The van der Waals surface area contributed by atoms with E-state index in [9.17, 15) is 23.9 Å². The molecule has 7 nitrogen and oxygen atoms in total. The van der Waals surface area contributed by atoms with Crippen LogP contribution in [0.2, 0.25) is 0 Å². The Labute approximate surface area is 138 Å². The quantitative estimate of drug-likeness (QED) is 0.689. The van der Waals surface area contributed by atoms with Gasteiger partial charge in [-0.2, -0.15) is 0 Å². The number of halogens is 1. The molecular formula is C16H20FN3O4. The molecule has 130 valence electrons. The van der Waals surface area contributed by atoms with Crippen molar-refractivity contribution in [1.29, 1.82) is 0 Å². The normalized spacial score (nSPS) is 17.2. The Kier molecular flexibility index (Phi) is 5.86. The predicted octanol–water partition coefficient (Wildman–Crippen LogP) is 0.265. The van der Waals surface area contributed by atoms with Gasteiger partial charge in [0.15, 0.2) is 6.04 Å². The maximum absolute atomic E-state index is 13.8. The summed E-state index contributed by atoms with van der Waals surface area (Å²) in [5.74, 6) is -3.23. The van der Waals surface area contributed by atoms with Crippen LogP contribution in [0.3, 0.4) is 0 Å². The second-order valence-electron chi connectivity index (χ2n) is 5.82. The standard InChI is InChI=1S/C16H20FN3O4/c17-12-4-2-1-3-11(12)14(16(23)24)19-15(22)10-5-7-20(8-6-10)9-13(18)21/h1-4,10,14H,5-9H2,(H2,18,21)(H,19,22)(H,23,24)/t14-/m0/s1. The van der Waals surface area contributed by atoms with E-state index in [-0.39, 0.29) is 18.0 Å². The molecule has 2 rings (SSSR count). The van der Waals surface area contributed by atoms with Gasteiger partial charge in [-0.05, 0) is 32.0 Å². The highest BCUT2D eigenvalue weighted by molar-refractivity contribution is 5.86. The topological polar surface area (TPSA) is 113 Å². The van der Waals surface area contributed by atoms with Crippen molar-refractivity contribution in [3.05, 3.63) is 35.6 Å². The fraction of sp³-hybridized carbons (Fsp3) is 0.438. The van der Waals surface area contributed by atoms with Crippen molar-refractivity contribution in [2.24, 2.45) is 11.7 Å². The van der Waals surface area contributed by atoms with E-state index in [1.54, 1.807) is 0 Å². The predicted molar refractivity (Wildman–Crippen MR) is 83.3 cm³/mol. The number of likely N-dealkylation sites (tertiary alicyclic amines) is 1. The largest absolute Gasteiger partial charge is 0.479 e. The van der Waals surface area contributed by atoms with Crippen molar-refractivity contribution >= 4 is 17.8 Å². The number of carbonyl (C=O) groups excluding carboxylic acids is 2. The van der Waals surface area contributed by atoms with Crippen LogP contribution >= 0.6 is 0 Å². The fourth-order valence-corrected chi connectivity index (χ4v) is 2.82. The molecule has 0 unspecified atom stereocenters. The first-order valence-electron chi connectivity index (χ1n) is 7.66. The van der Waals surface area contributed by atoms with E-state index < -0.39 is 29.6 Å². The minimum Gasteiger partial charge on any atom is -0.479 e. The molecule has 1 aromatic carbocycles. The molecule has 2 amide bonds. The zero-order chi connectivity index (χ0) is 17.7. The number of hydrogen-bond donors (Lipinski definition) is 3. The summed E-state index contributed by atoms with van der Waals surface area (Å²) in [6.45, 7) is 1.19. The number of primary amides is 1. The Morgan fingerprint density at radius 2 is 1.92 bits per heavy atom. The van der Waals surface area contributed by atoms with Gasteiger partial charge < -0.3 is 16.2 Å². The molecule has 0 spiro atoms. The van der Waals surface area contributed by atoms with Crippen LogP contribution in [0.5, 0.6) is 0 Å². The number of nitrogens with zero attached hydrogens (tertiary/aromatic N) is 1. The summed E-state index contributed by atoms with van der Waals surface area (Å²) < 4.78 is 13.8. The van der Waals surface area contributed by atoms with Crippen LogP contribution in [0, 0.1) is 11.7 Å². The third-order valence-corrected chi connectivity index (χ3v) is 4.09. The molecule has 0 bridgehead atoms. The number of aliphatic carboxylic acids is 1. The Morgan fingerprint density at radius 3 is 2.46 bits per heavy atom. The second kappa shape index (κ2) is 7.87. The van der Waals surface area contributed by atoms with Crippen molar-refractivity contribution in [2.45, 2.75) is 18.9 Å². The molecular weight excluding hydrogens is 317 g/mol. The molecule has 1 saturated heterocycles. The fourth-order valence-electron chi connectivity index (χ4n) is 2.82. The molecule has 1 aliphatic heterocycles. The van der Waals surface area contributed by atoms with Gasteiger partial charge in [-0.1, -0.05) is 18.2 Å². The Balaban J connectivity index is 1.99. The van der Waals surface area contributed by atoms with Crippen molar-refractivity contribution in [2.75, 3.05) is 19.6 Å². The number of hydrogen-bond acceptors (Lipinski definition) is 4. The number of amides is 2. The van der Waals surface area contributed by atoms with E-state index in [1.807, 2.05) is 4.90 Å². The lowest BCUT2D eigenvalue weighted by Gasteiger charge is -2.30. The summed E-state index contributed by atoms with van der Waals surface area (Å²) in [6, 6.07) is 4.03. The number of rotatable bonds is 6. The summed E-state index contributed by atoms with van der Waals surface area (Å²) in [5, 5.41) is 11.7. The molecule has 24 heavy (non-hydrogen) atoms. The highest BCUT2D eigenvalue weighted by Crippen LogP contribution is 2.21. The summed E-state index contributed by atoms with van der Waals surface area (Å²) >= 11 is 0. The van der Waals surface area contributed by atoms with Crippen LogP contribution in [0.25, 0.3) is 0 Å². The lowest BCUT2D eigenvalue weighted by atomic mass is 9.95. The van der Waals surface area contributed by atoms with Crippen molar-refractivity contribution in [1.82, 2.24) is 10.2 Å². The lowest BCUT2D eigenvalue weighted by Crippen LogP contribution is -2.45. The maximum Gasteiger partial charge on any atom is 0.331 e. The Morgan fingerprint density at radius 1 is 1.29 bits per heavy atom. The number of piperidine rings is 1. The Bertz CT molecular complexity index is 630. The van der Waals surface area contributed by atoms with Gasteiger partial charge in [0.05, 0.1) is 6.54 Å². The summed E-state index contributed by atoms with van der Waals surface area (Å²) in [5.41, 5.74) is 5.06. The van der Waals surface area contributed by atoms with E-state index in [0.29, 0.717) is 25.9 Å². The first kappa shape index (κ1) is 17.9. The molecule has 4 N–H and O–H groups in total. The minimum atomic E-state index is -1.43. The van der Waals surface area contributed by atoms with Gasteiger partial charge in [-0.15, -0.1) is 0 Å². The highest BCUT2D eigenvalue weighted by atomic mass is 19.1. The second-order valence-corrected chi connectivity index (χ2v) is 5.82. The van der Waals surface area contributed by atoms with Gasteiger partial charge in [-0.3, -0.25) is 14.5 Å². The molecule has 1 atom stereocenters. The number of carbonyl (C=O) groups is 3. The van der Waals surface area contributed by atoms with Crippen molar-refractivity contribution < 1.29 is 23.9 Å². The average molecular weight is 337 g/mol. The number of benzene rings is 1. The van der Waals surface area contributed by atoms with Gasteiger partial charge >= 0.3 is 5.97 Å². The maximum atomic E-state index is 13.8. The molecule has 0 aliphatic carbocycles. The highest BCUT2D eigenvalue weighted by Gasteiger charge is 2.30. The van der Waals surface area contributed by atoms with Gasteiger partial charge in [-0.25, -0.2) is 9.18 Å². The van der Waals surface area contributed by atoms with Crippen LogP contribution in [0.1, 0.15) is 24.4 Å². The van der Waals surface area contributed by atoms with Crippen LogP contribution in [0.4, 0.5) is 4.39 Å². The zero-order valence-corrected chi connectivity index (χ0v) is 13.1. The molecule has 1 heterocycles. The van der Waals surface area contributed by atoms with E-state index >= 15 is 0 Å². The van der Waals surface area contributed by atoms with Crippen LogP contribution in [-0.4, -0.2) is 47.4 Å². The van der Waals surface area contributed by atoms with Gasteiger partial charge in [0.25, 0.3) is 0 Å². The SMILES string of the molecule is NC(=O)CN1CCC(C(=O)N[C@H](C(=O)O)c2ccccc2F)CC1. The zero-order valence-electron chi connectivity index (χ0n) is 13.1. The molecule has 0 saturated carbocycles. The van der Waals surface area contributed by atoms with E-state index in [0.717, 1.165) is 6.07 Å². The third-order valence-electron chi connectivity index (χ3n) is 4.09. The smallest absolute Gasteiger partial charge is 0.331 e. The summed E-state index contributed by atoms with van der Waals surface area (Å²) in [4.78, 5) is 36.5. The molecule has 0 aromatic heterocycles. The van der Waals surface area contributed by atoms with E-state index in [1.165, 1.54) is 18.2 Å². The van der Waals surface area contributed by atoms with Gasteiger partial charge in [0.1, 0.15) is 5.82 Å². The first-order valence-corrected chi connectivity index (χ1v) is 7.66. The average Bonchev–Trinajstić information content (AvgIpc) is 2.53. The molecule has 1 aliphatic rings. The molecule has 8 heteroatoms. The molecule has 1 fully saturated rings. The summed E-state index contributed by atoms with van der Waals surface area (Å²) in [7, 11) is 0. The van der Waals surface area contributed by atoms with Crippen LogP contribution < -0.4 is 11.1 Å². The van der Waals surface area contributed by atoms with Crippen molar-refractivity contribution in [3.8, 4) is 0 Å². The monoisotopic (exact) mass is 337 g/mol. The molecule has 1 aromatic rings. The Hall–Kier alpha value is -2.48. The van der Waals surface area contributed by atoms with Crippen LogP contribution in [-0.2, 0) is 14.4 Å². The van der Waals surface area contributed by atoms with Crippen LogP contribution in [0.15, 0.2) is 24.3 Å². The lowest BCUT2D eigenvalue weighted by molar-refractivity contribution is -0.143. The first-order chi connectivity index (χ1) is 11.4. The van der Waals surface area contributed by atoms with Crippen molar-refractivity contribution in [3.63, 3.8) is 0 Å². The minimum absolute atomic E-state index is 0.0792. The third kappa shape index (κ3) is 4.51. The molecule has 0 radical (unpaired) electrons. The number of nitrogens with two attached hydrogens (primary N) is 1. The number of nitrogens with one attached hydrogen (secondary N) is 1. The van der Waals surface area contributed by atoms with E-state index in [2.05, 4.69) is 5.32 Å². The van der Waals surface area contributed by atoms with Gasteiger partial charge in [0, 0.05) is 11.5 Å². The van der Waals surface area contributed by atoms with Gasteiger partial charge in [0.2, 0.25) is 11.8 Å². The number of carboxylic acid groups (broad SMARTS) is 1. The van der Waals surface area contributed by atoms with E-state index in [4.69, 9.17) is 5.73 Å². The summed E-state index contributed by atoms with van der Waals surface area (Å²) in [6.07, 6.45) is 0.978. The number of carboxylic acids is 1.